The van der Waals surface area contributed by atoms with Gasteiger partial charge in [-0.05, 0) is 18.2 Å². The minimum absolute atomic E-state index is 0.0361. The van der Waals surface area contributed by atoms with Crippen molar-refractivity contribution in [1.82, 2.24) is 0 Å². The van der Waals surface area contributed by atoms with Gasteiger partial charge in [0.05, 0.1) is 11.4 Å². The second kappa shape index (κ2) is 4.80. The lowest BCUT2D eigenvalue weighted by molar-refractivity contribution is -0.135. The van der Waals surface area contributed by atoms with Gasteiger partial charge in [-0.25, -0.2) is 4.79 Å². The number of ether oxygens (including phenoxy) is 1. The summed E-state index contributed by atoms with van der Waals surface area (Å²) in [6.07, 6.45) is 1.45. The van der Waals surface area contributed by atoms with E-state index in [1.54, 1.807) is 18.2 Å². The third kappa shape index (κ3) is 2.59. The van der Waals surface area contributed by atoms with Crippen LogP contribution in [0.3, 0.4) is 0 Å². The average molecular weight is 228 g/mol. The first-order chi connectivity index (χ1) is 6.67. The van der Waals surface area contributed by atoms with Crippen LogP contribution in [-0.2, 0) is 9.53 Å². The van der Waals surface area contributed by atoms with Crippen LogP contribution in [-0.4, -0.2) is 13.1 Å². The Hall–Kier alpha value is -1.31. The maximum atomic E-state index is 11.0. The minimum Gasteiger partial charge on any atom is -0.465 e. The number of nitrogens with zero attached hydrogens (tertiary/aromatic N) is 1. The van der Waals surface area contributed by atoms with E-state index in [0.29, 0.717) is 4.34 Å². The van der Waals surface area contributed by atoms with Crippen LogP contribution in [0.1, 0.15) is 4.88 Å². The summed E-state index contributed by atoms with van der Waals surface area (Å²) < 4.78 is 5.03. The number of thiophene rings is 1. The van der Waals surface area contributed by atoms with Crippen LogP contribution in [0.15, 0.2) is 17.7 Å². The molecule has 14 heavy (non-hydrogen) atoms. The second-order valence-corrected chi connectivity index (χ2v) is 4.05. The van der Waals surface area contributed by atoms with Gasteiger partial charge in [0, 0.05) is 4.88 Å². The Kier molecular flexibility index (Phi) is 3.69. The quantitative estimate of drug-likeness (QED) is 0.443. The molecule has 0 unspecified atom stereocenters. The summed E-state index contributed by atoms with van der Waals surface area (Å²) in [7, 11) is 1.23. The molecule has 0 amide bonds. The van der Waals surface area contributed by atoms with E-state index in [0.717, 1.165) is 4.88 Å². The molecular weight excluding hydrogens is 222 g/mol. The highest BCUT2D eigenvalue weighted by atomic mass is 35.5. The highest BCUT2D eigenvalue weighted by Gasteiger charge is 2.08. The third-order valence-electron chi connectivity index (χ3n) is 1.41. The molecule has 1 heterocycles. The molecule has 1 rings (SSSR count). The van der Waals surface area contributed by atoms with Crippen LogP contribution in [0.2, 0.25) is 4.34 Å². The van der Waals surface area contributed by atoms with Crippen molar-refractivity contribution in [2.75, 3.05) is 7.11 Å². The predicted molar refractivity (Wildman–Crippen MR) is 54.9 cm³/mol. The molecular formula is C9H6ClNO2S. The molecule has 1 aromatic heterocycles. The van der Waals surface area contributed by atoms with Gasteiger partial charge in [-0.2, -0.15) is 5.26 Å². The zero-order valence-electron chi connectivity index (χ0n) is 7.28. The molecule has 0 atom stereocenters. The molecule has 0 radical (unpaired) electrons. The maximum absolute atomic E-state index is 11.0. The van der Waals surface area contributed by atoms with Crippen molar-refractivity contribution in [1.29, 1.82) is 5.26 Å². The number of esters is 1. The van der Waals surface area contributed by atoms with E-state index in [2.05, 4.69) is 4.74 Å². The standard InChI is InChI=1S/C9H6ClNO2S/c1-13-9(12)6(5-11)4-7-2-3-8(10)14-7/h2-4H,1H3. The van der Waals surface area contributed by atoms with E-state index in [4.69, 9.17) is 16.9 Å². The van der Waals surface area contributed by atoms with Gasteiger partial charge in [0.1, 0.15) is 11.6 Å². The topological polar surface area (TPSA) is 50.1 Å². The lowest BCUT2D eigenvalue weighted by Crippen LogP contribution is -2.02. The Morgan fingerprint density at radius 1 is 1.71 bits per heavy atom. The van der Waals surface area contributed by atoms with Gasteiger partial charge in [-0.15, -0.1) is 11.3 Å². The van der Waals surface area contributed by atoms with Gasteiger partial charge in [-0.1, -0.05) is 11.6 Å². The fraction of sp³-hybridized carbons (Fsp3) is 0.111. The van der Waals surface area contributed by atoms with Crippen molar-refractivity contribution in [2.24, 2.45) is 0 Å². The van der Waals surface area contributed by atoms with E-state index >= 15 is 0 Å². The summed E-state index contributed by atoms with van der Waals surface area (Å²) in [5.74, 6) is -0.642. The Morgan fingerprint density at radius 2 is 2.43 bits per heavy atom. The number of methoxy groups -OCH3 is 1. The van der Waals surface area contributed by atoms with Crippen LogP contribution in [0.25, 0.3) is 6.08 Å². The van der Waals surface area contributed by atoms with Gasteiger partial charge >= 0.3 is 5.97 Å². The number of nitriles is 1. The fourth-order valence-corrected chi connectivity index (χ4v) is 1.80. The average Bonchev–Trinajstić information content (AvgIpc) is 2.59. The highest BCUT2D eigenvalue weighted by molar-refractivity contribution is 7.17. The first-order valence-electron chi connectivity index (χ1n) is 3.63. The number of hydrogen-bond acceptors (Lipinski definition) is 4. The summed E-state index contributed by atoms with van der Waals surface area (Å²) in [5, 5.41) is 8.65. The van der Waals surface area contributed by atoms with E-state index in [-0.39, 0.29) is 5.57 Å². The molecule has 3 nitrogen and oxygen atoms in total. The molecule has 0 aliphatic heterocycles. The van der Waals surface area contributed by atoms with Crippen LogP contribution in [0, 0.1) is 11.3 Å². The summed E-state index contributed by atoms with van der Waals surface area (Å²) in [4.78, 5) is 11.8. The molecule has 1 aromatic rings. The van der Waals surface area contributed by atoms with Crippen LogP contribution < -0.4 is 0 Å². The van der Waals surface area contributed by atoms with Gasteiger partial charge in [0.15, 0.2) is 0 Å². The first-order valence-corrected chi connectivity index (χ1v) is 4.82. The molecule has 0 spiro atoms. The zero-order valence-corrected chi connectivity index (χ0v) is 8.85. The largest absolute Gasteiger partial charge is 0.465 e. The Balaban J connectivity index is 2.96. The van der Waals surface area contributed by atoms with Crippen molar-refractivity contribution in [3.63, 3.8) is 0 Å². The van der Waals surface area contributed by atoms with Gasteiger partial charge in [0.2, 0.25) is 0 Å². The Bertz CT molecular complexity index is 417. The summed E-state index contributed by atoms with van der Waals surface area (Å²) in [6, 6.07) is 5.19. The number of carbonyl (C=O) groups is 1. The molecule has 0 fully saturated rings. The maximum Gasteiger partial charge on any atom is 0.348 e. The minimum atomic E-state index is -0.642. The van der Waals surface area contributed by atoms with E-state index in [1.165, 1.54) is 24.5 Å². The van der Waals surface area contributed by atoms with Gasteiger partial charge in [0.25, 0.3) is 0 Å². The summed E-state index contributed by atoms with van der Waals surface area (Å²) in [5.41, 5.74) is -0.0361. The SMILES string of the molecule is COC(=O)C(C#N)=Cc1ccc(Cl)s1. The van der Waals surface area contributed by atoms with Crippen LogP contribution in [0.4, 0.5) is 0 Å². The van der Waals surface area contributed by atoms with Crippen molar-refractivity contribution in [2.45, 2.75) is 0 Å². The fourth-order valence-electron chi connectivity index (χ4n) is 0.795. The molecule has 0 aromatic carbocycles. The van der Waals surface area contributed by atoms with Crippen molar-refractivity contribution >= 4 is 35.0 Å². The normalized spacial score (nSPS) is 10.8. The summed E-state index contributed by atoms with van der Waals surface area (Å²) in [6.45, 7) is 0. The Labute approximate surface area is 90.2 Å². The molecule has 0 bridgehead atoms. The monoisotopic (exact) mass is 227 g/mol. The van der Waals surface area contributed by atoms with E-state index < -0.39 is 5.97 Å². The van der Waals surface area contributed by atoms with Gasteiger partial charge < -0.3 is 4.74 Å². The van der Waals surface area contributed by atoms with E-state index in [1.807, 2.05) is 0 Å². The molecule has 0 aliphatic rings. The number of halogens is 1. The van der Waals surface area contributed by atoms with Crippen LogP contribution in [0.5, 0.6) is 0 Å². The predicted octanol–water partition coefficient (Wildman–Crippen LogP) is 2.48. The highest BCUT2D eigenvalue weighted by Crippen LogP contribution is 2.23. The molecule has 0 saturated heterocycles. The molecule has 0 saturated carbocycles. The first kappa shape index (κ1) is 10.8. The van der Waals surface area contributed by atoms with Gasteiger partial charge in [-0.3, -0.25) is 0 Å². The van der Waals surface area contributed by atoms with Crippen molar-refractivity contribution < 1.29 is 9.53 Å². The number of hydrogen-bond donors (Lipinski definition) is 0. The number of carbonyl (C=O) groups excluding carboxylic acids is 1. The number of rotatable bonds is 2. The molecule has 0 aliphatic carbocycles. The van der Waals surface area contributed by atoms with E-state index in [9.17, 15) is 4.79 Å². The van der Waals surface area contributed by atoms with Crippen molar-refractivity contribution in [3.05, 3.63) is 26.9 Å². The third-order valence-corrected chi connectivity index (χ3v) is 2.58. The second-order valence-electron chi connectivity index (χ2n) is 2.30. The molecule has 0 N–H and O–H groups in total. The summed E-state index contributed by atoms with van der Waals surface area (Å²) >= 11 is 6.98. The smallest absolute Gasteiger partial charge is 0.348 e. The Morgan fingerprint density at radius 3 is 2.86 bits per heavy atom. The van der Waals surface area contributed by atoms with Crippen molar-refractivity contribution in [3.8, 4) is 6.07 Å². The lowest BCUT2D eigenvalue weighted by atomic mass is 10.2. The molecule has 72 valence electrons. The molecule has 5 heteroatoms. The lowest BCUT2D eigenvalue weighted by Gasteiger charge is -1.93. The van der Waals surface area contributed by atoms with Crippen LogP contribution >= 0.6 is 22.9 Å². The zero-order chi connectivity index (χ0) is 10.6.